The highest BCUT2D eigenvalue weighted by molar-refractivity contribution is 9.10. The third-order valence-corrected chi connectivity index (χ3v) is 4.03. The Morgan fingerprint density at radius 2 is 1.90 bits per heavy atom. The molecule has 0 N–H and O–H groups in total. The van der Waals surface area contributed by atoms with Crippen LogP contribution in [0.2, 0.25) is 0 Å². The number of ether oxygens (including phenoxy) is 1. The lowest BCUT2D eigenvalue weighted by Gasteiger charge is -2.12. The van der Waals surface area contributed by atoms with Gasteiger partial charge in [-0.2, -0.15) is 0 Å². The van der Waals surface area contributed by atoms with Gasteiger partial charge in [0.25, 0.3) is 0 Å². The van der Waals surface area contributed by atoms with E-state index in [1.807, 2.05) is 30.3 Å². The second-order valence-electron chi connectivity index (χ2n) is 4.65. The molecule has 0 radical (unpaired) electrons. The number of benzene rings is 2. The molecule has 0 amide bonds. The number of fused-ring (bicyclic) bond motifs is 1. The van der Waals surface area contributed by atoms with Gasteiger partial charge in [0.15, 0.2) is 0 Å². The zero-order chi connectivity index (χ0) is 14.7. The van der Waals surface area contributed by atoms with Crippen LogP contribution in [0.15, 0.2) is 59.2 Å². The fourth-order valence-electron chi connectivity index (χ4n) is 2.23. The molecule has 4 heteroatoms. The van der Waals surface area contributed by atoms with Gasteiger partial charge in [0, 0.05) is 16.2 Å². The van der Waals surface area contributed by atoms with Gasteiger partial charge in [0.1, 0.15) is 12.4 Å². The molecule has 2 nitrogen and oxygen atoms in total. The van der Waals surface area contributed by atoms with Gasteiger partial charge in [0.2, 0.25) is 0 Å². The van der Waals surface area contributed by atoms with Crippen LogP contribution in [0, 0.1) is 0 Å². The summed E-state index contributed by atoms with van der Waals surface area (Å²) in [6, 6.07) is 16.1. The van der Waals surface area contributed by atoms with Crippen LogP contribution >= 0.6 is 27.5 Å². The van der Waals surface area contributed by atoms with Crippen molar-refractivity contribution in [1.82, 2.24) is 4.98 Å². The number of hydrogen-bond donors (Lipinski definition) is 0. The molecule has 0 spiro atoms. The van der Waals surface area contributed by atoms with Crippen LogP contribution < -0.4 is 4.74 Å². The zero-order valence-electron chi connectivity index (χ0n) is 11.2. The van der Waals surface area contributed by atoms with Crippen molar-refractivity contribution in [2.24, 2.45) is 0 Å². The highest BCUT2D eigenvalue weighted by Crippen LogP contribution is 2.30. The third kappa shape index (κ3) is 3.20. The van der Waals surface area contributed by atoms with E-state index in [0.29, 0.717) is 12.5 Å². The van der Waals surface area contributed by atoms with Gasteiger partial charge in [-0.15, -0.1) is 11.6 Å². The first-order valence-electron chi connectivity index (χ1n) is 6.58. The zero-order valence-corrected chi connectivity index (χ0v) is 13.6. The molecule has 0 bridgehead atoms. The maximum Gasteiger partial charge on any atom is 0.130 e. The third-order valence-electron chi connectivity index (χ3n) is 3.30. The summed E-state index contributed by atoms with van der Waals surface area (Å²) in [5, 5.41) is 2.30. The molecule has 0 aliphatic heterocycles. The predicted octanol–water partition coefficient (Wildman–Crippen LogP) is 5.32. The van der Waals surface area contributed by atoms with E-state index < -0.39 is 0 Å². The lowest BCUT2D eigenvalue weighted by molar-refractivity contribution is 0.299. The molecule has 3 aromatic rings. The predicted molar refractivity (Wildman–Crippen MR) is 89.8 cm³/mol. The minimum absolute atomic E-state index is 0.421. The smallest absolute Gasteiger partial charge is 0.130 e. The molecule has 0 aliphatic carbocycles. The standard InChI is InChI=1S/C17H13BrClNO/c18-13-6-7-14(20-10-13)11-21-17-8-5-12-3-1-2-4-15(12)16(17)9-19/h1-8,10H,9,11H2. The van der Waals surface area contributed by atoms with E-state index in [9.17, 15) is 0 Å². The lowest BCUT2D eigenvalue weighted by Crippen LogP contribution is -2.00. The highest BCUT2D eigenvalue weighted by atomic mass is 79.9. The lowest BCUT2D eigenvalue weighted by atomic mass is 10.0. The normalized spacial score (nSPS) is 10.8. The fraction of sp³-hybridized carbons (Fsp3) is 0.118. The molecule has 1 aromatic heterocycles. The molecule has 0 saturated carbocycles. The molecule has 3 rings (SSSR count). The second kappa shape index (κ2) is 6.46. The van der Waals surface area contributed by atoms with Crippen molar-refractivity contribution in [1.29, 1.82) is 0 Å². The highest BCUT2D eigenvalue weighted by Gasteiger charge is 2.08. The van der Waals surface area contributed by atoms with Crippen molar-refractivity contribution in [3.8, 4) is 5.75 Å². The number of hydrogen-bond acceptors (Lipinski definition) is 2. The summed E-state index contributed by atoms with van der Waals surface area (Å²) in [7, 11) is 0. The monoisotopic (exact) mass is 361 g/mol. The van der Waals surface area contributed by atoms with Gasteiger partial charge in [0.05, 0.1) is 11.6 Å². The Labute approximate surface area is 136 Å². The first kappa shape index (κ1) is 14.4. The molecule has 0 unspecified atom stereocenters. The number of rotatable bonds is 4. The summed E-state index contributed by atoms with van der Waals surface area (Å²) in [6.07, 6.45) is 1.77. The molecule has 21 heavy (non-hydrogen) atoms. The largest absolute Gasteiger partial charge is 0.487 e. The summed E-state index contributed by atoms with van der Waals surface area (Å²) in [6.45, 7) is 0.426. The van der Waals surface area contributed by atoms with Crippen LogP contribution in [0.3, 0.4) is 0 Å². The second-order valence-corrected chi connectivity index (χ2v) is 5.84. The fourth-order valence-corrected chi connectivity index (χ4v) is 2.74. The maximum absolute atomic E-state index is 6.11. The van der Waals surface area contributed by atoms with Gasteiger partial charge < -0.3 is 4.74 Å². The van der Waals surface area contributed by atoms with Crippen LogP contribution in [0.1, 0.15) is 11.3 Å². The molecular weight excluding hydrogens is 350 g/mol. The Bertz CT molecular complexity index is 758. The van der Waals surface area contributed by atoms with Gasteiger partial charge >= 0.3 is 0 Å². The van der Waals surface area contributed by atoms with Crippen LogP contribution in [0.5, 0.6) is 5.75 Å². The van der Waals surface area contributed by atoms with E-state index in [4.69, 9.17) is 16.3 Å². The summed E-state index contributed by atoms with van der Waals surface area (Å²) in [5.41, 5.74) is 1.90. The van der Waals surface area contributed by atoms with E-state index in [2.05, 4.69) is 39.1 Å². The summed E-state index contributed by atoms with van der Waals surface area (Å²) in [4.78, 5) is 4.31. The average Bonchev–Trinajstić information content (AvgIpc) is 2.53. The maximum atomic E-state index is 6.11. The van der Waals surface area contributed by atoms with Crippen molar-refractivity contribution in [2.75, 3.05) is 0 Å². The number of alkyl halides is 1. The van der Waals surface area contributed by atoms with Crippen molar-refractivity contribution in [2.45, 2.75) is 12.5 Å². The first-order valence-corrected chi connectivity index (χ1v) is 7.90. The SMILES string of the molecule is ClCc1c(OCc2ccc(Br)cn2)ccc2ccccc12. The Kier molecular flexibility index (Phi) is 4.42. The Hall–Kier alpha value is -1.58. The molecular formula is C17H13BrClNO. The van der Waals surface area contributed by atoms with Gasteiger partial charge in [-0.3, -0.25) is 4.98 Å². The Morgan fingerprint density at radius 3 is 2.67 bits per heavy atom. The van der Waals surface area contributed by atoms with E-state index in [-0.39, 0.29) is 0 Å². The number of halogens is 2. The minimum atomic E-state index is 0.421. The van der Waals surface area contributed by atoms with Gasteiger partial charge in [-0.25, -0.2) is 0 Å². The molecule has 0 saturated heterocycles. The van der Waals surface area contributed by atoms with Gasteiger partial charge in [-0.05, 0) is 44.9 Å². The summed E-state index contributed by atoms with van der Waals surface area (Å²) in [5.74, 6) is 1.23. The molecule has 0 fully saturated rings. The van der Waals surface area contributed by atoms with Crippen LogP contribution in [0.25, 0.3) is 10.8 Å². The molecule has 1 heterocycles. The molecule has 0 aliphatic rings. The van der Waals surface area contributed by atoms with E-state index >= 15 is 0 Å². The quantitative estimate of drug-likeness (QED) is 0.586. The van der Waals surface area contributed by atoms with Gasteiger partial charge in [-0.1, -0.05) is 30.3 Å². The molecule has 2 aromatic carbocycles. The average molecular weight is 363 g/mol. The minimum Gasteiger partial charge on any atom is -0.487 e. The topological polar surface area (TPSA) is 22.1 Å². The van der Waals surface area contributed by atoms with E-state index in [1.54, 1.807) is 6.20 Å². The van der Waals surface area contributed by atoms with Crippen LogP contribution in [-0.4, -0.2) is 4.98 Å². The summed E-state index contributed by atoms with van der Waals surface area (Å²) < 4.78 is 6.86. The van der Waals surface area contributed by atoms with Crippen molar-refractivity contribution in [3.63, 3.8) is 0 Å². The Morgan fingerprint density at radius 1 is 1.05 bits per heavy atom. The van der Waals surface area contributed by atoms with Crippen LogP contribution in [0.4, 0.5) is 0 Å². The number of nitrogens with zero attached hydrogens (tertiary/aromatic N) is 1. The summed E-state index contributed by atoms with van der Waals surface area (Å²) >= 11 is 9.48. The van der Waals surface area contributed by atoms with E-state index in [0.717, 1.165) is 26.9 Å². The van der Waals surface area contributed by atoms with Crippen molar-refractivity contribution < 1.29 is 4.74 Å². The van der Waals surface area contributed by atoms with Crippen molar-refractivity contribution >= 4 is 38.3 Å². The number of aromatic nitrogens is 1. The molecule has 106 valence electrons. The Balaban J connectivity index is 1.88. The van der Waals surface area contributed by atoms with Crippen LogP contribution in [-0.2, 0) is 12.5 Å². The molecule has 0 atom stereocenters. The van der Waals surface area contributed by atoms with Crippen molar-refractivity contribution in [3.05, 3.63) is 70.5 Å². The first-order chi connectivity index (χ1) is 10.3. The van der Waals surface area contributed by atoms with E-state index in [1.165, 1.54) is 5.39 Å². The number of pyridine rings is 1.